The van der Waals surface area contributed by atoms with E-state index in [1.54, 1.807) is 21.3 Å². The summed E-state index contributed by atoms with van der Waals surface area (Å²) in [5, 5.41) is 4.16. The predicted octanol–water partition coefficient (Wildman–Crippen LogP) is 4.15. The molecule has 0 radical (unpaired) electrons. The molecule has 1 N–H and O–H groups in total. The van der Waals surface area contributed by atoms with Crippen LogP contribution < -0.4 is 24.3 Å². The molecule has 1 atom stereocenters. The number of rotatable bonds is 8. The van der Waals surface area contributed by atoms with Crippen molar-refractivity contribution in [2.24, 2.45) is 0 Å². The van der Waals surface area contributed by atoms with Gasteiger partial charge in [-0.25, -0.2) is 0 Å². The second-order valence-corrected chi connectivity index (χ2v) is 7.55. The standard InChI is InChI=1S/C23H31ClN2O4/c1-5-30-19-8-7-17(24)15-18(19)22(26-11-6-9-25-10-12-26)16-13-20(27-2)23(29-4)21(14-16)28-3/h7-8,13-15,22,25H,5-6,9-12H2,1-4H3. The molecule has 1 saturated heterocycles. The Kier molecular flexibility index (Phi) is 8.08. The number of nitrogens with zero attached hydrogens (tertiary/aromatic N) is 1. The molecule has 0 bridgehead atoms. The van der Waals surface area contributed by atoms with Gasteiger partial charge in [0.25, 0.3) is 0 Å². The third kappa shape index (κ3) is 4.94. The molecule has 0 spiro atoms. The topological polar surface area (TPSA) is 52.2 Å². The van der Waals surface area contributed by atoms with E-state index in [4.69, 9.17) is 30.5 Å². The minimum Gasteiger partial charge on any atom is -0.494 e. The normalized spacial score (nSPS) is 15.9. The number of hydrogen-bond acceptors (Lipinski definition) is 6. The van der Waals surface area contributed by atoms with Gasteiger partial charge in [0.15, 0.2) is 11.5 Å². The van der Waals surface area contributed by atoms with E-state index in [2.05, 4.69) is 10.2 Å². The first-order valence-corrected chi connectivity index (χ1v) is 10.7. The van der Waals surface area contributed by atoms with Gasteiger partial charge in [-0.1, -0.05) is 11.6 Å². The molecule has 2 aromatic rings. The Morgan fingerprint density at radius 1 is 0.967 bits per heavy atom. The van der Waals surface area contributed by atoms with Crippen LogP contribution in [0.1, 0.15) is 30.5 Å². The second kappa shape index (κ2) is 10.8. The smallest absolute Gasteiger partial charge is 0.203 e. The lowest BCUT2D eigenvalue weighted by Gasteiger charge is -2.33. The van der Waals surface area contributed by atoms with Gasteiger partial charge in [-0.15, -0.1) is 0 Å². The van der Waals surface area contributed by atoms with Gasteiger partial charge in [-0.2, -0.15) is 0 Å². The average Bonchev–Trinajstić information content (AvgIpc) is 3.04. The molecule has 3 rings (SSSR count). The van der Waals surface area contributed by atoms with Gasteiger partial charge in [-0.05, 0) is 55.8 Å². The van der Waals surface area contributed by atoms with Crippen LogP contribution in [0.4, 0.5) is 0 Å². The molecule has 1 aliphatic rings. The van der Waals surface area contributed by atoms with E-state index in [0.29, 0.717) is 28.9 Å². The van der Waals surface area contributed by atoms with Crippen molar-refractivity contribution in [3.8, 4) is 23.0 Å². The Hall–Kier alpha value is -2.15. The van der Waals surface area contributed by atoms with Gasteiger partial charge in [0, 0.05) is 30.2 Å². The van der Waals surface area contributed by atoms with Crippen LogP contribution in [0.3, 0.4) is 0 Å². The maximum Gasteiger partial charge on any atom is 0.203 e. The molecular formula is C23H31ClN2O4. The summed E-state index contributed by atoms with van der Waals surface area (Å²) in [6.45, 7) is 6.35. The van der Waals surface area contributed by atoms with Crippen LogP contribution in [0.2, 0.25) is 5.02 Å². The van der Waals surface area contributed by atoms with E-state index in [-0.39, 0.29) is 6.04 Å². The van der Waals surface area contributed by atoms with Crippen LogP contribution in [0.25, 0.3) is 0 Å². The van der Waals surface area contributed by atoms with E-state index in [1.807, 2.05) is 37.3 Å². The van der Waals surface area contributed by atoms with Crippen molar-refractivity contribution < 1.29 is 18.9 Å². The lowest BCUT2D eigenvalue weighted by Crippen LogP contribution is -2.33. The van der Waals surface area contributed by atoms with Crippen molar-refractivity contribution in [1.29, 1.82) is 0 Å². The second-order valence-electron chi connectivity index (χ2n) is 7.12. The molecule has 2 aromatic carbocycles. The quantitative estimate of drug-likeness (QED) is 0.673. The van der Waals surface area contributed by atoms with Crippen LogP contribution in [0.15, 0.2) is 30.3 Å². The zero-order valence-corrected chi connectivity index (χ0v) is 18.9. The summed E-state index contributed by atoms with van der Waals surface area (Å²) in [4.78, 5) is 2.45. The minimum absolute atomic E-state index is 0.0705. The first kappa shape index (κ1) is 22.5. The Labute approximate surface area is 184 Å². The largest absolute Gasteiger partial charge is 0.494 e. The Morgan fingerprint density at radius 3 is 2.33 bits per heavy atom. The summed E-state index contributed by atoms with van der Waals surface area (Å²) in [5.41, 5.74) is 2.06. The van der Waals surface area contributed by atoms with Crippen LogP contribution in [-0.2, 0) is 0 Å². The van der Waals surface area contributed by atoms with E-state index >= 15 is 0 Å². The van der Waals surface area contributed by atoms with Crippen LogP contribution in [-0.4, -0.2) is 59.0 Å². The molecule has 1 aliphatic heterocycles. The zero-order valence-electron chi connectivity index (χ0n) is 18.2. The molecule has 6 nitrogen and oxygen atoms in total. The number of ether oxygens (including phenoxy) is 4. The van der Waals surface area contributed by atoms with E-state index in [0.717, 1.165) is 49.5 Å². The SMILES string of the molecule is CCOc1ccc(Cl)cc1C(c1cc(OC)c(OC)c(OC)c1)N1CCCNCC1. The maximum absolute atomic E-state index is 6.43. The number of hydrogen-bond donors (Lipinski definition) is 1. The van der Waals surface area contributed by atoms with Gasteiger partial charge in [0.2, 0.25) is 5.75 Å². The van der Waals surface area contributed by atoms with Gasteiger partial charge in [-0.3, -0.25) is 4.90 Å². The molecule has 7 heteroatoms. The molecule has 30 heavy (non-hydrogen) atoms. The Morgan fingerprint density at radius 2 is 1.70 bits per heavy atom. The van der Waals surface area contributed by atoms with Crippen molar-refractivity contribution in [3.63, 3.8) is 0 Å². The molecule has 0 saturated carbocycles. The molecule has 1 fully saturated rings. The molecule has 0 aromatic heterocycles. The van der Waals surface area contributed by atoms with Crippen LogP contribution in [0.5, 0.6) is 23.0 Å². The first-order chi connectivity index (χ1) is 14.6. The lowest BCUT2D eigenvalue weighted by molar-refractivity contribution is 0.232. The predicted molar refractivity (Wildman–Crippen MR) is 120 cm³/mol. The molecule has 0 amide bonds. The van der Waals surface area contributed by atoms with Gasteiger partial charge in [0.1, 0.15) is 5.75 Å². The number of methoxy groups -OCH3 is 3. The maximum atomic E-state index is 6.43. The fraction of sp³-hybridized carbons (Fsp3) is 0.478. The number of halogens is 1. The van der Waals surface area contributed by atoms with E-state index < -0.39 is 0 Å². The summed E-state index contributed by atoms with van der Waals surface area (Å²) < 4.78 is 22.8. The summed E-state index contributed by atoms with van der Waals surface area (Å²) in [6, 6.07) is 9.77. The summed E-state index contributed by atoms with van der Waals surface area (Å²) >= 11 is 6.43. The average molecular weight is 435 g/mol. The molecule has 164 valence electrons. The minimum atomic E-state index is -0.0705. The fourth-order valence-electron chi connectivity index (χ4n) is 3.99. The molecule has 0 aliphatic carbocycles. The highest BCUT2D eigenvalue weighted by atomic mass is 35.5. The Balaban J connectivity index is 2.19. The zero-order chi connectivity index (χ0) is 21.5. The van der Waals surface area contributed by atoms with Crippen molar-refractivity contribution in [2.45, 2.75) is 19.4 Å². The van der Waals surface area contributed by atoms with Gasteiger partial charge >= 0.3 is 0 Å². The summed E-state index contributed by atoms with van der Waals surface area (Å²) in [5.74, 6) is 2.67. The van der Waals surface area contributed by atoms with Crippen LogP contribution in [0, 0.1) is 0 Å². The third-order valence-corrected chi connectivity index (χ3v) is 5.54. The van der Waals surface area contributed by atoms with E-state index in [9.17, 15) is 0 Å². The van der Waals surface area contributed by atoms with Crippen molar-refractivity contribution in [1.82, 2.24) is 10.2 Å². The van der Waals surface area contributed by atoms with Gasteiger partial charge < -0.3 is 24.3 Å². The highest BCUT2D eigenvalue weighted by molar-refractivity contribution is 6.30. The fourth-order valence-corrected chi connectivity index (χ4v) is 4.17. The molecule has 1 unspecified atom stereocenters. The van der Waals surface area contributed by atoms with Gasteiger partial charge in [0.05, 0.1) is 34.0 Å². The Bertz CT molecular complexity index is 813. The molecule has 1 heterocycles. The lowest BCUT2D eigenvalue weighted by atomic mass is 9.95. The van der Waals surface area contributed by atoms with Crippen molar-refractivity contribution in [3.05, 3.63) is 46.5 Å². The highest BCUT2D eigenvalue weighted by Crippen LogP contribution is 2.44. The monoisotopic (exact) mass is 434 g/mol. The van der Waals surface area contributed by atoms with Crippen molar-refractivity contribution >= 4 is 11.6 Å². The molecular weight excluding hydrogens is 404 g/mol. The van der Waals surface area contributed by atoms with E-state index in [1.165, 1.54) is 0 Å². The number of benzene rings is 2. The van der Waals surface area contributed by atoms with Crippen LogP contribution >= 0.6 is 11.6 Å². The number of nitrogens with one attached hydrogen (secondary N) is 1. The van der Waals surface area contributed by atoms with Crippen molar-refractivity contribution in [2.75, 3.05) is 54.1 Å². The third-order valence-electron chi connectivity index (χ3n) is 5.31. The highest BCUT2D eigenvalue weighted by Gasteiger charge is 2.29. The first-order valence-electron chi connectivity index (χ1n) is 10.3. The summed E-state index contributed by atoms with van der Waals surface area (Å²) in [7, 11) is 4.88. The summed E-state index contributed by atoms with van der Waals surface area (Å²) in [6.07, 6.45) is 1.06.